The van der Waals surface area contributed by atoms with E-state index in [1.165, 1.54) is 6.07 Å². The van der Waals surface area contributed by atoms with Crippen molar-refractivity contribution >= 4 is 28.9 Å². The predicted molar refractivity (Wildman–Crippen MR) is 144 cm³/mol. The number of amides is 1. The summed E-state index contributed by atoms with van der Waals surface area (Å²) in [5.74, 6) is -7.53. The van der Waals surface area contributed by atoms with Gasteiger partial charge in [0.25, 0.3) is 0 Å². The van der Waals surface area contributed by atoms with E-state index in [2.05, 4.69) is 0 Å². The van der Waals surface area contributed by atoms with Gasteiger partial charge in [0, 0.05) is 37.3 Å². The summed E-state index contributed by atoms with van der Waals surface area (Å²) in [6.45, 7) is 0. The van der Waals surface area contributed by atoms with E-state index >= 15 is 0 Å². The zero-order chi connectivity index (χ0) is 28.5. The molecule has 2 unspecified atom stereocenters. The summed E-state index contributed by atoms with van der Waals surface area (Å²) in [5.41, 5.74) is 5.92. The van der Waals surface area contributed by atoms with Gasteiger partial charge in [0.05, 0.1) is 11.7 Å². The lowest BCUT2D eigenvalue weighted by atomic mass is 9.54. The summed E-state index contributed by atoms with van der Waals surface area (Å²) in [6.07, 6.45) is -1.20. The van der Waals surface area contributed by atoms with Gasteiger partial charge in [-0.05, 0) is 67.7 Å². The number of carbonyl (C=O) groups is 3. The Bertz CT molecular complexity index is 1410. The predicted octanol–water partition coefficient (Wildman–Crippen LogP) is 0.862. The van der Waals surface area contributed by atoms with Crippen LogP contribution in [0, 0.1) is 17.8 Å². The molecule has 39 heavy (non-hydrogen) atoms. The molecule has 0 bridgehead atoms. The van der Waals surface area contributed by atoms with Gasteiger partial charge in [-0.15, -0.1) is 0 Å². The van der Waals surface area contributed by atoms with Crippen LogP contribution in [0.25, 0.3) is 16.9 Å². The Labute approximate surface area is 226 Å². The molecule has 2 aromatic carbocycles. The van der Waals surface area contributed by atoms with Crippen molar-refractivity contribution in [3.8, 4) is 16.9 Å². The van der Waals surface area contributed by atoms with Gasteiger partial charge in [-0.1, -0.05) is 18.2 Å². The summed E-state index contributed by atoms with van der Waals surface area (Å²) in [4.78, 5) is 43.0. The normalized spacial score (nSPS) is 30.1. The lowest BCUT2D eigenvalue weighted by molar-refractivity contribution is -0.184. The van der Waals surface area contributed by atoms with E-state index in [9.17, 15) is 34.8 Å². The van der Waals surface area contributed by atoms with Crippen LogP contribution in [-0.4, -0.2) is 88.7 Å². The van der Waals surface area contributed by atoms with E-state index in [-0.39, 0.29) is 29.7 Å². The molecule has 5 rings (SSSR count). The summed E-state index contributed by atoms with van der Waals surface area (Å²) in [7, 11) is 7.11. The average molecular weight is 536 g/mol. The number of anilines is 1. The number of aliphatic hydroxyl groups is 3. The number of rotatable bonds is 4. The zero-order valence-electron chi connectivity index (χ0n) is 22.3. The fourth-order valence-electron chi connectivity index (χ4n) is 6.81. The fraction of sp³-hybridized carbons (Fsp3) is 0.414. The SMILES string of the molecule is CN(C)c1ccc(-c2ccc(O)c3c2C[C@@H]2C[C@@H]4[C@@H](N(C)C)C(O)C(C(N)=O)C(=O)[C@]4(O)C(=O)C2=C3O)cc1. The minimum Gasteiger partial charge on any atom is -0.507 e. The monoisotopic (exact) mass is 535 g/mol. The number of aromatic hydroxyl groups is 1. The van der Waals surface area contributed by atoms with Gasteiger partial charge in [-0.2, -0.15) is 0 Å². The smallest absolute Gasteiger partial charge is 0.230 e. The van der Waals surface area contributed by atoms with Crippen LogP contribution < -0.4 is 10.6 Å². The number of primary amides is 1. The van der Waals surface area contributed by atoms with Crippen LogP contribution in [0.1, 0.15) is 17.5 Å². The molecule has 10 nitrogen and oxygen atoms in total. The number of hydrogen-bond acceptors (Lipinski definition) is 9. The van der Waals surface area contributed by atoms with Crippen LogP contribution in [0.4, 0.5) is 5.69 Å². The molecule has 0 radical (unpaired) electrons. The third-order valence-corrected chi connectivity index (χ3v) is 8.67. The highest BCUT2D eigenvalue weighted by Gasteiger charge is 2.67. The van der Waals surface area contributed by atoms with Crippen LogP contribution in [0.15, 0.2) is 42.0 Å². The molecule has 3 aliphatic rings. The highest BCUT2D eigenvalue weighted by molar-refractivity contribution is 6.25. The number of phenols is 1. The number of nitrogens with two attached hydrogens (primary N) is 1. The maximum atomic E-state index is 13.9. The lowest BCUT2D eigenvalue weighted by Gasteiger charge is -2.53. The molecule has 10 heteroatoms. The van der Waals surface area contributed by atoms with Crippen molar-refractivity contribution in [1.29, 1.82) is 0 Å². The van der Waals surface area contributed by atoms with Crippen molar-refractivity contribution in [1.82, 2.24) is 4.90 Å². The second-order valence-corrected chi connectivity index (χ2v) is 11.2. The van der Waals surface area contributed by atoms with E-state index in [0.717, 1.165) is 16.8 Å². The number of fused-ring (bicyclic) bond motifs is 3. The molecule has 0 saturated heterocycles. The maximum Gasteiger partial charge on any atom is 0.230 e. The Morgan fingerprint density at radius 3 is 2.23 bits per heavy atom. The topological polar surface area (TPSA) is 165 Å². The summed E-state index contributed by atoms with van der Waals surface area (Å²) >= 11 is 0. The van der Waals surface area contributed by atoms with Gasteiger partial charge in [-0.3, -0.25) is 14.4 Å². The first-order valence-corrected chi connectivity index (χ1v) is 12.8. The van der Waals surface area contributed by atoms with Gasteiger partial charge < -0.3 is 36.0 Å². The van der Waals surface area contributed by atoms with Crippen LogP contribution in [0.2, 0.25) is 0 Å². The van der Waals surface area contributed by atoms with E-state index in [1.54, 1.807) is 25.1 Å². The minimum absolute atomic E-state index is 0.0738. The first kappa shape index (κ1) is 26.9. The van der Waals surface area contributed by atoms with E-state index in [4.69, 9.17) is 5.73 Å². The van der Waals surface area contributed by atoms with Crippen molar-refractivity contribution in [3.63, 3.8) is 0 Å². The largest absolute Gasteiger partial charge is 0.507 e. The number of aliphatic hydroxyl groups excluding tert-OH is 2. The van der Waals surface area contributed by atoms with Crippen LogP contribution in [0.3, 0.4) is 0 Å². The third kappa shape index (κ3) is 3.77. The minimum atomic E-state index is -2.67. The number of hydrogen-bond donors (Lipinski definition) is 5. The van der Waals surface area contributed by atoms with Gasteiger partial charge in [-0.25, -0.2) is 0 Å². The van der Waals surface area contributed by atoms with Crippen LogP contribution in [-0.2, 0) is 20.8 Å². The summed E-state index contributed by atoms with van der Waals surface area (Å²) in [6, 6.07) is 10.0. The van der Waals surface area contributed by atoms with Crippen molar-refractivity contribution in [2.75, 3.05) is 33.1 Å². The van der Waals surface area contributed by atoms with E-state index < -0.39 is 58.7 Å². The van der Waals surface area contributed by atoms with Gasteiger partial charge in [0.15, 0.2) is 11.4 Å². The number of benzene rings is 2. The van der Waals surface area contributed by atoms with Crippen molar-refractivity contribution in [2.24, 2.45) is 23.5 Å². The quantitative estimate of drug-likeness (QED) is 0.357. The molecule has 0 aromatic heterocycles. The van der Waals surface area contributed by atoms with Crippen LogP contribution >= 0.6 is 0 Å². The number of carbonyl (C=O) groups excluding carboxylic acids is 3. The van der Waals surface area contributed by atoms with Gasteiger partial charge >= 0.3 is 0 Å². The molecule has 1 amide bonds. The Kier molecular flexibility index (Phi) is 6.32. The number of ketones is 2. The molecule has 2 aromatic rings. The number of nitrogens with zero attached hydrogens (tertiary/aromatic N) is 2. The Balaban J connectivity index is 1.67. The summed E-state index contributed by atoms with van der Waals surface area (Å²) < 4.78 is 0. The second-order valence-electron chi connectivity index (χ2n) is 11.2. The zero-order valence-corrected chi connectivity index (χ0v) is 22.3. The Hall–Kier alpha value is -3.73. The first-order chi connectivity index (χ1) is 18.3. The summed E-state index contributed by atoms with van der Waals surface area (Å²) in [5, 5.41) is 44.9. The van der Waals surface area contributed by atoms with Crippen molar-refractivity contribution in [3.05, 3.63) is 53.1 Å². The highest BCUT2D eigenvalue weighted by atomic mass is 16.3. The lowest BCUT2D eigenvalue weighted by Crippen LogP contribution is -2.73. The molecule has 6 N–H and O–H groups in total. The molecule has 2 saturated carbocycles. The molecule has 206 valence electrons. The van der Waals surface area contributed by atoms with Gasteiger partial charge in [0.1, 0.15) is 17.4 Å². The molecular formula is C29H33N3O7. The second kappa shape index (κ2) is 9.18. The highest BCUT2D eigenvalue weighted by Crippen LogP contribution is 2.53. The molecule has 0 heterocycles. The molecular weight excluding hydrogens is 502 g/mol. The molecule has 2 fully saturated rings. The average Bonchev–Trinajstić information content (AvgIpc) is 2.86. The Morgan fingerprint density at radius 1 is 1.03 bits per heavy atom. The third-order valence-electron chi connectivity index (χ3n) is 8.67. The molecule has 3 aliphatic carbocycles. The van der Waals surface area contributed by atoms with Gasteiger partial charge in [0.2, 0.25) is 11.7 Å². The van der Waals surface area contributed by atoms with E-state index in [0.29, 0.717) is 5.56 Å². The van der Waals surface area contributed by atoms with Crippen molar-refractivity contribution in [2.45, 2.75) is 30.6 Å². The number of likely N-dealkylation sites (N-methyl/N-ethyl adjacent to an activating group) is 1. The van der Waals surface area contributed by atoms with Crippen LogP contribution in [0.5, 0.6) is 5.75 Å². The first-order valence-electron chi connectivity index (χ1n) is 12.8. The Morgan fingerprint density at radius 2 is 1.67 bits per heavy atom. The van der Waals surface area contributed by atoms with E-state index in [1.807, 2.05) is 43.3 Å². The molecule has 0 aliphatic heterocycles. The maximum absolute atomic E-state index is 13.9. The molecule has 6 atom stereocenters. The number of phenolic OH excluding ortho intramolecular Hbond substituents is 1. The number of Topliss-reactive ketones (excluding diaryl/α,β-unsaturated/α-hetero) is 2. The van der Waals surface area contributed by atoms with Crippen molar-refractivity contribution < 1.29 is 34.8 Å². The standard InChI is InChI=1S/C29H33N3O7/c1-31(2)15-7-5-13(6-8-15)16-9-10-19(33)21-17(16)11-14-12-18-23(32(3)4)25(35)22(28(30)38)27(37)29(18,39)26(36)20(14)24(21)34/h5-10,14,18,22-23,25,33-35,39H,11-12H2,1-4H3,(H2,30,38)/t14-,18-,22?,23-,25?,29-/m1/s1. The molecule has 0 spiro atoms. The fourth-order valence-corrected chi connectivity index (χ4v) is 6.81.